The number of carbonyl (C=O) groups is 1. The van der Waals surface area contributed by atoms with Crippen molar-refractivity contribution >= 4 is 16.0 Å². The molecule has 0 aromatic carbocycles. The van der Waals surface area contributed by atoms with Gasteiger partial charge in [0.2, 0.25) is 10.0 Å². The monoisotopic (exact) mass is 253 g/mol. The van der Waals surface area contributed by atoms with E-state index < -0.39 is 21.5 Å². The molecular formula is C9H19NO5S. The molecule has 16 heavy (non-hydrogen) atoms. The molecule has 0 saturated carbocycles. The summed E-state index contributed by atoms with van der Waals surface area (Å²) in [5.41, 5.74) is -0.719. The lowest BCUT2D eigenvalue weighted by Gasteiger charge is -2.24. The maximum atomic E-state index is 11.5. The Bertz CT molecular complexity index is 323. The van der Waals surface area contributed by atoms with Gasteiger partial charge in [0.25, 0.3) is 0 Å². The minimum absolute atomic E-state index is 0.105. The van der Waals surface area contributed by atoms with Gasteiger partial charge in [0, 0.05) is 12.1 Å². The molecule has 96 valence electrons. The zero-order valence-electron chi connectivity index (χ0n) is 9.82. The molecule has 0 rings (SSSR count). The Hall–Kier alpha value is -0.660. The minimum atomic E-state index is -3.53. The molecular weight excluding hydrogens is 234 g/mol. The largest absolute Gasteiger partial charge is 0.469 e. The maximum absolute atomic E-state index is 11.5. The van der Waals surface area contributed by atoms with E-state index >= 15 is 0 Å². The molecule has 0 aliphatic rings. The van der Waals surface area contributed by atoms with E-state index in [1.54, 1.807) is 13.8 Å². The van der Waals surface area contributed by atoms with E-state index in [0.717, 1.165) is 0 Å². The number of methoxy groups -OCH3 is 1. The normalized spacial score (nSPS) is 12.5. The molecule has 0 unspecified atom stereocenters. The van der Waals surface area contributed by atoms with E-state index in [0.29, 0.717) is 6.42 Å². The van der Waals surface area contributed by atoms with Crippen LogP contribution in [0.15, 0.2) is 0 Å². The van der Waals surface area contributed by atoms with Crippen LogP contribution in [0.4, 0.5) is 0 Å². The summed E-state index contributed by atoms with van der Waals surface area (Å²) < 4.78 is 29.9. The van der Waals surface area contributed by atoms with Crippen molar-refractivity contribution in [2.24, 2.45) is 0 Å². The van der Waals surface area contributed by atoms with Gasteiger partial charge in [0.1, 0.15) is 0 Å². The Morgan fingerprint density at radius 3 is 2.44 bits per heavy atom. The first kappa shape index (κ1) is 15.3. The molecule has 0 atom stereocenters. The number of aliphatic hydroxyl groups excluding tert-OH is 1. The highest BCUT2D eigenvalue weighted by Gasteiger charge is 2.24. The van der Waals surface area contributed by atoms with Gasteiger partial charge in [-0.3, -0.25) is 4.79 Å². The van der Waals surface area contributed by atoms with Crippen LogP contribution in [0.1, 0.15) is 26.7 Å². The number of sulfonamides is 1. The van der Waals surface area contributed by atoms with Gasteiger partial charge in [-0.2, -0.15) is 0 Å². The standard InChI is InChI=1S/C9H19NO5S/c1-9(2,5-6-11)10-16(13,14)7-4-8(12)15-3/h10-11H,4-7H2,1-3H3. The number of esters is 1. The van der Waals surface area contributed by atoms with Crippen LogP contribution < -0.4 is 4.72 Å². The number of hydrogen-bond acceptors (Lipinski definition) is 5. The van der Waals surface area contributed by atoms with Crippen molar-refractivity contribution in [3.63, 3.8) is 0 Å². The van der Waals surface area contributed by atoms with Gasteiger partial charge in [0.15, 0.2) is 0 Å². The smallest absolute Gasteiger partial charge is 0.306 e. The summed E-state index contributed by atoms with van der Waals surface area (Å²) in [7, 11) is -2.32. The third-order valence-corrected chi connectivity index (χ3v) is 3.58. The minimum Gasteiger partial charge on any atom is -0.469 e. The first-order valence-corrected chi connectivity index (χ1v) is 6.57. The van der Waals surface area contributed by atoms with Crippen molar-refractivity contribution in [3.8, 4) is 0 Å². The summed E-state index contributed by atoms with van der Waals surface area (Å²) in [6.45, 7) is 3.23. The maximum Gasteiger partial charge on any atom is 0.306 e. The van der Waals surface area contributed by atoms with Crippen LogP contribution in [0.5, 0.6) is 0 Å². The molecule has 0 aromatic heterocycles. The second-order valence-electron chi connectivity index (χ2n) is 4.10. The molecule has 0 fully saturated rings. The molecule has 7 heteroatoms. The quantitative estimate of drug-likeness (QED) is 0.604. The van der Waals surface area contributed by atoms with Gasteiger partial charge >= 0.3 is 5.97 Å². The fourth-order valence-electron chi connectivity index (χ4n) is 1.12. The lowest BCUT2D eigenvalue weighted by Crippen LogP contribution is -2.45. The number of carbonyl (C=O) groups excluding carboxylic acids is 1. The van der Waals surface area contributed by atoms with Crippen LogP contribution in [-0.2, 0) is 19.6 Å². The predicted octanol–water partition coefficient (Wildman–Crippen LogP) is -0.370. The van der Waals surface area contributed by atoms with E-state index in [1.165, 1.54) is 7.11 Å². The predicted molar refractivity (Wildman–Crippen MR) is 59.3 cm³/mol. The number of rotatable bonds is 7. The highest BCUT2D eigenvalue weighted by molar-refractivity contribution is 7.89. The lowest BCUT2D eigenvalue weighted by molar-refractivity contribution is -0.140. The molecule has 6 nitrogen and oxygen atoms in total. The van der Waals surface area contributed by atoms with Crippen molar-refractivity contribution < 1.29 is 23.1 Å². The topological polar surface area (TPSA) is 92.7 Å². The molecule has 0 aromatic rings. The molecule has 0 aliphatic heterocycles. The van der Waals surface area contributed by atoms with Crippen molar-refractivity contribution in [2.45, 2.75) is 32.2 Å². The van der Waals surface area contributed by atoms with E-state index in [9.17, 15) is 13.2 Å². The van der Waals surface area contributed by atoms with Gasteiger partial charge in [0.05, 0.1) is 19.3 Å². The molecule has 0 radical (unpaired) electrons. The van der Waals surface area contributed by atoms with E-state index in [1.807, 2.05) is 0 Å². The fourth-order valence-corrected chi connectivity index (χ4v) is 2.60. The molecule has 0 spiro atoms. The Labute approximate surface area is 96.0 Å². The summed E-state index contributed by atoms with van der Waals surface area (Å²) in [4.78, 5) is 10.8. The van der Waals surface area contributed by atoms with Crippen LogP contribution in [0.3, 0.4) is 0 Å². The molecule has 2 N–H and O–H groups in total. The highest BCUT2D eigenvalue weighted by atomic mass is 32.2. The van der Waals surface area contributed by atoms with Gasteiger partial charge in [-0.1, -0.05) is 0 Å². The zero-order valence-corrected chi connectivity index (χ0v) is 10.6. The molecule has 0 bridgehead atoms. The van der Waals surface area contributed by atoms with Crippen molar-refractivity contribution in [1.29, 1.82) is 0 Å². The number of hydrogen-bond donors (Lipinski definition) is 2. The van der Waals surface area contributed by atoms with Crippen molar-refractivity contribution in [1.82, 2.24) is 4.72 Å². The fraction of sp³-hybridized carbons (Fsp3) is 0.889. The molecule has 0 aliphatic carbocycles. The number of aliphatic hydroxyl groups is 1. The van der Waals surface area contributed by atoms with Crippen LogP contribution in [0.25, 0.3) is 0 Å². The van der Waals surface area contributed by atoms with Gasteiger partial charge < -0.3 is 9.84 Å². The van der Waals surface area contributed by atoms with Gasteiger partial charge in [-0.05, 0) is 20.3 Å². The molecule has 0 heterocycles. The first-order valence-electron chi connectivity index (χ1n) is 4.92. The van der Waals surface area contributed by atoms with E-state index in [2.05, 4.69) is 9.46 Å². The third kappa shape index (κ3) is 6.76. The summed E-state index contributed by atoms with van der Waals surface area (Å²) in [5.74, 6) is -0.875. The SMILES string of the molecule is COC(=O)CCS(=O)(=O)NC(C)(C)CCO. The second-order valence-corrected chi connectivity index (χ2v) is 5.95. The Kier molecular flexibility index (Phi) is 5.91. The average Bonchev–Trinajstić information content (AvgIpc) is 2.12. The summed E-state index contributed by atoms with van der Waals surface area (Å²) >= 11 is 0. The average molecular weight is 253 g/mol. The van der Waals surface area contributed by atoms with Crippen LogP contribution in [0, 0.1) is 0 Å². The van der Waals surface area contributed by atoms with E-state index in [-0.39, 0.29) is 18.8 Å². The lowest BCUT2D eigenvalue weighted by atomic mass is 10.0. The zero-order chi connectivity index (χ0) is 12.8. The number of ether oxygens (including phenoxy) is 1. The number of nitrogens with one attached hydrogen (secondary N) is 1. The second kappa shape index (κ2) is 6.17. The van der Waals surface area contributed by atoms with Crippen LogP contribution in [-0.4, -0.2) is 44.5 Å². The summed E-state index contributed by atoms with van der Waals surface area (Å²) in [5, 5.41) is 8.75. The van der Waals surface area contributed by atoms with E-state index in [4.69, 9.17) is 5.11 Å². The van der Waals surface area contributed by atoms with Crippen LogP contribution >= 0.6 is 0 Å². The van der Waals surface area contributed by atoms with Crippen LogP contribution in [0.2, 0.25) is 0 Å². The first-order chi connectivity index (χ1) is 7.22. The third-order valence-electron chi connectivity index (χ3n) is 1.97. The molecule has 0 saturated heterocycles. The Morgan fingerprint density at radius 1 is 1.44 bits per heavy atom. The van der Waals surface area contributed by atoms with Crippen molar-refractivity contribution in [2.75, 3.05) is 19.5 Å². The Balaban J connectivity index is 4.30. The van der Waals surface area contributed by atoms with Gasteiger partial charge in [-0.25, -0.2) is 13.1 Å². The summed E-state index contributed by atoms with van der Waals surface area (Å²) in [6.07, 6.45) is 0.130. The Morgan fingerprint density at radius 2 is 2.00 bits per heavy atom. The summed E-state index contributed by atoms with van der Waals surface area (Å²) in [6, 6.07) is 0. The highest BCUT2D eigenvalue weighted by Crippen LogP contribution is 2.09. The van der Waals surface area contributed by atoms with Gasteiger partial charge in [-0.15, -0.1) is 0 Å². The van der Waals surface area contributed by atoms with Crippen molar-refractivity contribution in [3.05, 3.63) is 0 Å². The molecule has 0 amide bonds.